The van der Waals surface area contributed by atoms with Gasteiger partial charge < -0.3 is 5.32 Å². The van der Waals surface area contributed by atoms with Crippen LogP contribution in [0.25, 0.3) is 11.3 Å². The first-order valence-corrected chi connectivity index (χ1v) is 6.19. The van der Waals surface area contributed by atoms with Crippen molar-refractivity contribution in [1.29, 1.82) is 0 Å². The van der Waals surface area contributed by atoms with Crippen molar-refractivity contribution in [1.82, 2.24) is 9.97 Å². The minimum absolute atomic E-state index is 0.380. The van der Waals surface area contributed by atoms with Crippen LogP contribution in [0.1, 0.15) is 24.6 Å². The van der Waals surface area contributed by atoms with E-state index in [1.807, 2.05) is 0 Å². The number of nitrogens with zero attached hydrogens (tertiary/aromatic N) is 2. The molecule has 0 unspecified atom stereocenters. The van der Waals surface area contributed by atoms with Crippen molar-refractivity contribution >= 4 is 5.82 Å². The molecular formula is C14H13F2N3. The molecule has 98 valence electrons. The summed E-state index contributed by atoms with van der Waals surface area (Å²) in [4.78, 5) is 8.79. The first-order chi connectivity index (χ1) is 9.15. The molecule has 0 spiro atoms. The summed E-state index contributed by atoms with van der Waals surface area (Å²) in [5.74, 6) is 0.578. The third-order valence-corrected chi connectivity index (χ3v) is 3.10. The molecule has 0 bridgehead atoms. The highest BCUT2D eigenvalue weighted by molar-refractivity contribution is 5.62. The Balaban J connectivity index is 2.09. The molecule has 1 heterocycles. The van der Waals surface area contributed by atoms with Crippen molar-refractivity contribution in [3.8, 4) is 11.3 Å². The van der Waals surface area contributed by atoms with Gasteiger partial charge >= 0.3 is 0 Å². The zero-order chi connectivity index (χ0) is 13.4. The quantitative estimate of drug-likeness (QED) is 0.920. The predicted octanol–water partition coefficient (Wildman–Crippen LogP) is 3.34. The monoisotopic (exact) mass is 261 g/mol. The Morgan fingerprint density at radius 1 is 1.05 bits per heavy atom. The molecular weight excluding hydrogens is 248 g/mol. The number of halogens is 2. The summed E-state index contributed by atoms with van der Waals surface area (Å²) < 4.78 is 26.5. The lowest BCUT2D eigenvalue weighted by molar-refractivity contribution is 0.584. The van der Waals surface area contributed by atoms with Crippen LogP contribution in [0.4, 0.5) is 14.6 Å². The van der Waals surface area contributed by atoms with Gasteiger partial charge in [-0.05, 0) is 25.0 Å². The third-order valence-electron chi connectivity index (χ3n) is 3.10. The minimum atomic E-state index is -0.604. The molecule has 0 radical (unpaired) electrons. The summed E-state index contributed by atoms with van der Waals surface area (Å²) in [7, 11) is 1.76. The number of hydrogen-bond donors (Lipinski definition) is 1. The van der Waals surface area contributed by atoms with Crippen LogP contribution in [-0.2, 0) is 0 Å². The van der Waals surface area contributed by atoms with Gasteiger partial charge in [0.2, 0.25) is 0 Å². The van der Waals surface area contributed by atoms with Crippen molar-refractivity contribution in [3.05, 3.63) is 41.7 Å². The van der Waals surface area contributed by atoms with Crippen LogP contribution < -0.4 is 5.32 Å². The van der Waals surface area contributed by atoms with Crippen LogP contribution in [0, 0.1) is 11.6 Å². The van der Waals surface area contributed by atoms with Crippen LogP contribution >= 0.6 is 0 Å². The van der Waals surface area contributed by atoms with E-state index in [1.54, 1.807) is 13.1 Å². The Morgan fingerprint density at radius 3 is 2.32 bits per heavy atom. The van der Waals surface area contributed by atoms with E-state index in [1.165, 1.54) is 12.1 Å². The van der Waals surface area contributed by atoms with Gasteiger partial charge in [-0.1, -0.05) is 0 Å². The highest BCUT2D eigenvalue weighted by Gasteiger charge is 2.27. The van der Waals surface area contributed by atoms with Gasteiger partial charge in [0.15, 0.2) is 0 Å². The van der Waals surface area contributed by atoms with Crippen LogP contribution in [0.15, 0.2) is 24.3 Å². The molecule has 3 rings (SSSR count). The molecule has 19 heavy (non-hydrogen) atoms. The van der Waals surface area contributed by atoms with Crippen LogP contribution in [0.5, 0.6) is 0 Å². The highest BCUT2D eigenvalue weighted by Crippen LogP contribution is 2.39. The maximum Gasteiger partial charge on any atom is 0.134 e. The van der Waals surface area contributed by atoms with E-state index >= 15 is 0 Å². The molecule has 3 nitrogen and oxygen atoms in total. The summed E-state index contributed by atoms with van der Waals surface area (Å²) in [6.07, 6.45) is 2.15. The van der Waals surface area contributed by atoms with E-state index in [4.69, 9.17) is 0 Å². The van der Waals surface area contributed by atoms with Gasteiger partial charge in [0, 0.05) is 30.7 Å². The van der Waals surface area contributed by atoms with E-state index in [0.29, 0.717) is 23.0 Å². The van der Waals surface area contributed by atoms with Gasteiger partial charge in [0.25, 0.3) is 0 Å². The summed E-state index contributed by atoms with van der Waals surface area (Å²) in [5.41, 5.74) is 0.970. The first kappa shape index (κ1) is 12.0. The van der Waals surface area contributed by atoms with E-state index < -0.39 is 11.6 Å². The molecule has 2 aromatic rings. The second-order valence-corrected chi connectivity index (χ2v) is 4.68. The van der Waals surface area contributed by atoms with Crippen LogP contribution in [-0.4, -0.2) is 17.0 Å². The fraction of sp³-hybridized carbons (Fsp3) is 0.286. The Hall–Kier alpha value is -2.04. The Bertz CT molecular complexity index is 604. The Morgan fingerprint density at radius 2 is 1.74 bits per heavy atom. The summed E-state index contributed by atoms with van der Waals surface area (Å²) in [6, 6.07) is 5.11. The van der Waals surface area contributed by atoms with E-state index in [-0.39, 0.29) is 0 Å². The van der Waals surface area contributed by atoms with E-state index in [9.17, 15) is 8.78 Å². The Labute approximate surface area is 109 Å². The predicted molar refractivity (Wildman–Crippen MR) is 68.9 cm³/mol. The van der Waals surface area contributed by atoms with Gasteiger partial charge in [0.1, 0.15) is 23.3 Å². The second kappa shape index (κ2) is 4.57. The van der Waals surface area contributed by atoms with Crippen molar-refractivity contribution in [2.75, 3.05) is 12.4 Å². The molecule has 1 fully saturated rings. The summed E-state index contributed by atoms with van der Waals surface area (Å²) in [6.45, 7) is 0. The SMILES string of the molecule is CNc1cc(-c2cc(F)cc(F)c2)nc(C2CC2)n1. The molecule has 1 saturated carbocycles. The maximum atomic E-state index is 13.3. The molecule has 1 aliphatic rings. The lowest BCUT2D eigenvalue weighted by Gasteiger charge is -2.07. The zero-order valence-corrected chi connectivity index (χ0v) is 10.5. The third kappa shape index (κ3) is 2.54. The van der Waals surface area contributed by atoms with Gasteiger partial charge in [-0.2, -0.15) is 0 Å². The second-order valence-electron chi connectivity index (χ2n) is 4.68. The minimum Gasteiger partial charge on any atom is -0.373 e. The van der Waals surface area contributed by atoms with Gasteiger partial charge in [-0.15, -0.1) is 0 Å². The maximum absolute atomic E-state index is 13.3. The summed E-state index contributed by atoms with van der Waals surface area (Å²) >= 11 is 0. The number of rotatable bonds is 3. The van der Waals surface area contributed by atoms with Crippen molar-refractivity contribution in [2.45, 2.75) is 18.8 Å². The van der Waals surface area contributed by atoms with Crippen molar-refractivity contribution < 1.29 is 8.78 Å². The molecule has 0 aliphatic heterocycles. The average molecular weight is 261 g/mol. The van der Waals surface area contributed by atoms with Crippen LogP contribution in [0.3, 0.4) is 0 Å². The lowest BCUT2D eigenvalue weighted by Crippen LogP contribution is -2.01. The number of anilines is 1. The molecule has 0 amide bonds. The van der Waals surface area contributed by atoms with Gasteiger partial charge in [0.05, 0.1) is 5.69 Å². The smallest absolute Gasteiger partial charge is 0.134 e. The van der Waals surface area contributed by atoms with E-state index in [0.717, 1.165) is 24.7 Å². The number of hydrogen-bond acceptors (Lipinski definition) is 3. The molecule has 1 aliphatic carbocycles. The topological polar surface area (TPSA) is 37.8 Å². The average Bonchev–Trinajstić information content (AvgIpc) is 3.21. The molecule has 0 atom stereocenters. The molecule has 1 N–H and O–H groups in total. The van der Waals surface area contributed by atoms with Gasteiger partial charge in [-0.25, -0.2) is 18.7 Å². The van der Waals surface area contributed by atoms with Crippen LogP contribution in [0.2, 0.25) is 0 Å². The molecule has 5 heteroatoms. The summed E-state index contributed by atoms with van der Waals surface area (Å²) in [5, 5.41) is 2.95. The van der Waals surface area contributed by atoms with Crippen molar-refractivity contribution in [2.24, 2.45) is 0 Å². The largest absolute Gasteiger partial charge is 0.373 e. The molecule has 0 saturated heterocycles. The van der Waals surface area contributed by atoms with E-state index in [2.05, 4.69) is 15.3 Å². The Kier molecular flexibility index (Phi) is 2.89. The normalized spacial score (nSPS) is 14.5. The van der Waals surface area contributed by atoms with Gasteiger partial charge in [-0.3, -0.25) is 0 Å². The van der Waals surface area contributed by atoms with Crippen molar-refractivity contribution in [3.63, 3.8) is 0 Å². The lowest BCUT2D eigenvalue weighted by atomic mass is 10.1. The fourth-order valence-electron chi connectivity index (χ4n) is 1.97. The zero-order valence-electron chi connectivity index (χ0n) is 10.5. The first-order valence-electron chi connectivity index (χ1n) is 6.19. The number of aromatic nitrogens is 2. The fourth-order valence-corrected chi connectivity index (χ4v) is 1.97. The number of benzene rings is 1. The molecule has 1 aromatic heterocycles. The highest BCUT2D eigenvalue weighted by atomic mass is 19.1. The molecule has 1 aromatic carbocycles. The number of nitrogens with one attached hydrogen (secondary N) is 1. The standard InChI is InChI=1S/C14H13F2N3/c1-17-13-7-12(18-14(19-13)8-2-3-8)9-4-10(15)6-11(16)5-9/h4-8H,2-3H2,1H3,(H,17,18,19).